The fourth-order valence-electron chi connectivity index (χ4n) is 1.12. The lowest BCUT2D eigenvalue weighted by molar-refractivity contribution is 0.0953. The normalized spacial score (nSPS) is 12.2. The molecule has 0 saturated heterocycles. The monoisotopic (exact) mass is 307 g/mol. The Morgan fingerprint density at radius 2 is 2.31 bits per heavy atom. The lowest BCUT2D eigenvalue weighted by Gasteiger charge is -2.09. The molecule has 0 aromatic heterocycles. The molecule has 1 atom stereocenters. The zero-order valence-corrected chi connectivity index (χ0v) is 11.1. The third-order valence-electron chi connectivity index (χ3n) is 2.12. The van der Waals surface area contributed by atoms with Gasteiger partial charge >= 0.3 is 0 Å². The molecule has 2 nitrogen and oxygen atoms in total. The van der Waals surface area contributed by atoms with E-state index in [-0.39, 0.29) is 21.3 Å². The summed E-state index contributed by atoms with van der Waals surface area (Å²) in [6, 6.07) is 4.18. The van der Waals surface area contributed by atoms with E-state index >= 15 is 0 Å². The molecule has 1 rings (SSSR count). The molecule has 1 amide bonds. The topological polar surface area (TPSA) is 29.1 Å². The Balaban J connectivity index is 2.70. The number of rotatable bonds is 4. The van der Waals surface area contributed by atoms with Crippen LogP contribution in [-0.4, -0.2) is 17.3 Å². The fourth-order valence-corrected chi connectivity index (χ4v) is 1.50. The average Bonchev–Trinajstić information content (AvgIpc) is 2.29. The van der Waals surface area contributed by atoms with E-state index in [0.717, 1.165) is 6.42 Å². The summed E-state index contributed by atoms with van der Waals surface area (Å²) >= 11 is 9.08. The molecule has 1 aromatic rings. The molecule has 5 heteroatoms. The highest BCUT2D eigenvalue weighted by atomic mass is 79.9. The number of hydrogen-bond donors (Lipinski definition) is 1. The number of benzene rings is 1. The molecule has 1 N–H and O–H groups in total. The summed E-state index contributed by atoms with van der Waals surface area (Å²) in [5.74, 6) is -0.942. The molecule has 0 fully saturated rings. The maximum atomic E-state index is 13.1. The van der Waals surface area contributed by atoms with Crippen molar-refractivity contribution >= 4 is 33.4 Å². The van der Waals surface area contributed by atoms with Crippen molar-refractivity contribution in [3.05, 3.63) is 34.6 Å². The minimum absolute atomic E-state index is 0.136. The standard InChI is InChI=1S/C11H12BrClFNO/c1-2-7(12)6-15-11(16)8-4-3-5-9(14)10(8)13/h3-5,7H,2,6H2,1H3,(H,15,16). The third kappa shape index (κ3) is 3.46. The van der Waals surface area contributed by atoms with Crippen LogP contribution in [0.3, 0.4) is 0 Å². The molecule has 16 heavy (non-hydrogen) atoms. The Kier molecular flexibility index (Phi) is 5.22. The van der Waals surface area contributed by atoms with Gasteiger partial charge in [-0.25, -0.2) is 4.39 Å². The summed E-state index contributed by atoms with van der Waals surface area (Å²) in [5.41, 5.74) is 0.164. The van der Waals surface area contributed by atoms with E-state index in [2.05, 4.69) is 21.2 Å². The van der Waals surface area contributed by atoms with Crippen molar-refractivity contribution in [2.24, 2.45) is 0 Å². The third-order valence-corrected chi connectivity index (χ3v) is 3.48. The fraction of sp³-hybridized carbons (Fsp3) is 0.364. The Hall–Kier alpha value is -0.610. The molecule has 0 aliphatic carbocycles. The maximum absolute atomic E-state index is 13.1. The Labute approximate surface area is 107 Å². The second kappa shape index (κ2) is 6.21. The van der Waals surface area contributed by atoms with Crippen LogP contribution in [0.15, 0.2) is 18.2 Å². The second-order valence-corrected chi connectivity index (χ2v) is 4.99. The van der Waals surface area contributed by atoms with Crippen molar-refractivity contribution in [3.63, 3.8) is 0 Å². The number of carbonyl (C=O) groups excluding carboxylic acids is 1. The van der Waals surface area contributed by atoms with E-state index in [1.807, 2.05) is 6.92 Å². The van der Waals surface area contributed by atoms with Crippen LogP contribution in [-0.2, 0) is 0 Å². The van der Waals surface area contributed by atoms with Gasteiger partial charge in [-0.2, -0.15) is 0 Å². The van der Waals surface area contributed by atoms with E-state index in [1.54, 1.807) is 0 Å². The zero-order valence-electron chi connectivity index (χ0n) is 8.77. The minimum atomic E-state index is -0.583. The number of amides is 1. The lowest BCUT2D eigenvalue weighted by atomic mass is 10.2. The van der Waals surface area contributed by atoms with E-state index in [1.165, 1.54) is 18.2 Å². The van der Waals surface area contributed by atoms with Gasteiger partial charge in [0.2, 0.25) is 0 Å². The Bertz CT molecular complexity index is 386. The number of hydrogen-bond acceptors (Lipinski definition) is 1. The van der Waals surface area contributed by atoms with Gasteiger partial charge in [-0.1, -0.05) is 40.5 Å². The highest BCUT2D eigenvalue weighted by Crippen LogP contribution is 2.19. The average molecular weight is 309 g/mol. The summed E-state index contributed by atoms with van der Waals surface area (Å²) in [7, 11) is 0. The molecule has 1 unspecified atom stereocenters. The Morgan fingerprint density at radius 3 is 2.94 bits per heavy atom. The van der Waals surface area contributed by atoms with Gasteiger partial charge in [-0.05, 0) is 18.6 Å². The van der Waals surface area contributed by atoms with E-state index in [0.29, 0.717) is 6.54 Å². The quantitative estimate of drug-likeness (QED) is 0.849. The molecule has 0 saturated carbocycles. The van der Waals surface area contributed by atoms with Crippen LogP contribution in [0.5, 0.6) is 0 Å². The van der Waals surface area contributed by atoms with Crippen LogP contribution in [0.4, 0.5) is 4.39 Å². The van der Waals surface area contributed by atoms with Gasteiger partial charge in [-0.15, -0.1) is 0 Å². The number of nitrogens with one attached hydrogen (secondary N) is 1. The summed E-state index contributed by atoms with van der Waals surface area (Å²) in [6.07, 6.45) is 0.900. The van der Waals surface area contributed by atoms with Crippen molar-refractivity contribution in [3.8, 4) is 0 Å². The van der Waals surface area contributed by atoms with Crippen LogP contribution < -0.4 is 5.32 Å². The summed E-state index contributed by atoms with van der Waals surface area (Å²) in [5, 5.41) is 2.54. The van der Waals surface area contributed by atoms with Crippen molar-refractivity contribution in [1.82, 2.24) is 5.32 Å². The predicted molar refractivity (Wildman–Crippen MR) is 66.7 cm³/mol. The molecular weight excluding hydrogens is 296 g/mol. The second-order valence-electron chi connectivity index (χ2n) is 3.32. The molecule has 0 radical (unpaired) electrons. The molecule has 0 heterocycles. The molecule has 0 spiro atoms. The first kappa shape index (κ1) is 13.5. The van der Waals surface area contributed by atoms with E-state index in [4.69, 9.17) is 11.6 Å². The van der Waals surface area contributed by atoms with E-state index in [9.17, 15) is 9.18 Å². The largest absolute Gasteiger partial charge is 0.351 e. The first-order chi connectivity index (χ1) is 7.56. The summed E-state index contributed by atoms with van der Waals surface area (Å²) in [4.78, 5) is 11.9. The predicted octanol–water partition coefficient (Wildman–Crippen LogP) is 3.38. The number of halogens is 3. The van der Waals surface area contributed by atoms with Gasteiger partial charge in [0.1, 0.15) is 5.82 Å². The van der Waals surface area contributed by atoms with Crippen molar-refractivity contribution in [1.29, 1.82) is 0 Å². The van der Waals surface area contributed by atoms with Crippen LogP contribution >= 0.6 is 27.5 Å². The van der Waals surface area contributed by atoms with Crippen molar-refractivity contribution in [2.45, 2.75) is 18.2 Å². The first-order valence-corrected chi connectivity index (χ1v) is 6.22. The lowest BCUT2D eigenvalue weighted by Crippen LogP contribution is -2.29. The zero-order chi connectivity index (χ0) is 12.1. The SMILES string of the molecule is CCC(Br)CNC(=O)c1cccc(F)c1Cl. The van der Waals surface area contributed by atoms with Crippen LogP contribution in [0, 0.1) is 5.82 Å². The summed E-state index contributed by atoms with van der Waals surface area (Å²) in [6.45, 7) is 2.49. The van der Waals surface area contributed by atoms with Gasteiger partial charge in [0.25, 0.3) is 5.91 Å². The molecule has 0 bridgehead atoms. The van der Waals surface area contributed by atoms with Crippen LogP contribution in [0.1, 0.15) is 23.7 Å². The molecule has 1 aromatic carbocycles. The van der Waals surface area contributed by atoms with Gasteiger partial charge in [0, 0.05) is 11.4 Å². The number of carbonyl (C=O) groups is 1. The smallest absolute Gasteiger partial charge is 0.252 e. The van der Waals surface area contributed by atoms with E-state index < -0.39 is 5.82 Å². The maximum Gasteiger partial charge on any atom is 0.252 e. The highest BCUT2D eigenvalue weighted by Gasteiger charge is 2.13. The Morgan fingerprint density at radius 1 is 1.62 bits per heavy atom. The van der Waals surface area contributed by atoms with Gasteiger partial charge in [-0.3, -0.25) is 4.79 Å². The molecule has 0 aliphatic rings. The molecular formula is C11H12BrClFNO. The molecule has 88 valence electrons. The van der Waals surface area contributed by atoms with Crippen molar-refractivity contribution in [2.75, 3.05) is 6.54 Å². The minimum Gasteiger partial charge on any atom is -0.351 e. The van der Waals surface area contributed by atoms with Gasteiger partial charge < -0.3 is 5.32 Å². The van der Waals surface area contributed by atoms with Gasteiger partial charge in [0.15, 0.2) is 0 Å². The molecule has 0 aliphatic heterocycles. The van der Waals surface area contributed by atoms with Crippen LogP contribution in [0.2, 0.25) is 5.02 Å². The first-order valence-electron chi connectivity index (χ1n) is 4.92. The number of alkyl halides is 1. The van der Waals surface area contributed by atoms with Gasteiger partial charge in [0.05, 0.1) is 10.6 Å². The van der Waals surface area contributed by atoms with Crippen LogP contribution in [0.25, 0.3) is 0 Å². The van der Waals surface area contributed by atoms with Crippen molar-refractivity contribution < 1.29 is 9.18 Å². The highest BCUT2D eigenvalue weighted by molar-refractivity contribution is 9.09. The summed E-state index contributed by atoms with van der Waals surface area (Å²) < 4.78 is 13.1.